The first-order valence-electron chi connectivity index (χ1n) is 8.64. The first-order valence-corrected chi connectivity index (χ1v) is 9.46. The highest BCUT2D eigenvalue weighted by molar-refractivity contribution is 7.15. The van der Waals surface area contributed by atoms with Gasteiger partial charge in [0.2, 0.25) is 5.91 Å². The lowest BCUT2D eigenvalue weighted by atomic mass is 10.2. The number of rotatable bonds is 4. The molecule has 8 heteroatoms. The number of nitrogens with zero attached hydrogens (tertiary/aromatic N) is 4. The Morgan fingerprint density at radius 2 is 1.96 bits per heavy atom. The van der Waals surface area contributed by atoms with Crippen LogP contribution in [0.5, 0.6) is 0 Å². The topological polar surface area (TPSA) is 75.6 Å². The van der Waals surface area contributed by atoms with Crippen molar-refractivity contribution in [2.24, 2.45) is 0 Å². The Morgan fingerprint density at radius 1 is 1.23 bits per heavy atom. The molecule has 0 atom stereocenters. The third-order valence-electron chi connectivity index (χ3n) is 4.27. The van der Waals surface area contributed by atoms with E-state index in [1.54, 1.807) is 29.1 Å². The van der Waals surface area contributed by atoms with Crippen LogP contribution in [0.2, 0.25) is 0 Å². The number of aromatic nitrogens is 2. The molecule has 0 radical (unpaired) electrons. The molecule has 1 fully saturated rings. The number of amides is 2. The van der Waals surface area contributed by atoms with Gasteiger partial charge in [0, 0.05) is 49.0 Å². The number of piperazine rings is 1. The van der Waals surface area contributed by atoms with Crippen LogP contribution in [-0.2, 0) is 16.0 Å². The average molecular weight is 374 g/mol. The quantitative estimate of drug-likeness (QED) is 0.821. The van der Waals surface area contributed by atoms with E-state index < -0.39 is 0 Å². The van der Waals surface area contributed by atoms with Gasteiger partial charge in [-0.3, -0.25) is 9.78 Å². The summed E-state index contributed by atoms with van der Waals surface area (Å²) in [7, 11) is 0. The fraction of sp³-hybridized carbons (Fsp3) is 0.444. The molecule has 0 aromatic carbocycles. The molecular weight excluding hydrogens is 352 g/mol. The predicted octanol–water partition coefficient (Wildman–Crippen LogP) is 2.36. The standard InChI is InChI=1S/C18H22N4O3S/c1-3-25-18(24)22-9-7-21(8-10-22)16(23)11-15-13(2)20-17(26-15)14-5-4-6-19-12-14/h4-6,12H,3,7-11H2,1-2H3. The molecule has 138 valence electrons. The summed E-state index contributed by atoms with van der Waals surface area (Å²) in [6, 6.07) is 3.84. The van der Waals surface area contributed by atoms with E-state index in [-0.39, 0.29) is 12.0 Å². The molecule has 0 N–H and O–H groups in total. The molecule has 1 aliphatic rings. The van der Waals surface area contributed by atoms with E-state index in [1.807, 2.05) is 19.1 Å². The van der Waals surface area contributed by atoms with Crippen LogP contribution in [0, 0.1) is 6.92 Å². The number of hydrogen-bond donors (Lipinski definition) is 0. The van der Waals surface area contributed by atoms with Crippen LogP contribution in [-0.4, -0.2) is 64.6 Å². The van der Waals surface area contributed by atoms with Gasteiger partial charge in [0.1, 0.15) is 5.01 Å². The lowest BCUT2D eigenvalue weighted by Gasteiger charge is -2.34. The molecule has 0 saturated carbocycles. The molecule has 2 aromatic rings. The van der Waals surface area contributed by atoms with Crippen LogP contribution >= 0.6 is 11.3 Å². The highest BCUT2D eigenvalue weighted by atomic mass is 32.1. The molecule has 1 saturated heterocycles. The maximum Gasteiger partial charge on any atom is 0.409 e. The van der Waals surface area contributed by atoms with Crippen molar-refractivity contribution < 1.29 is 14.3 Å². The van der Waals surface area contributed by atoms with Gasteiger partial charge in [0.05, 0.1) is 18.7 Å². The zero-order valence-corrected chi connectivity index (χ0v) is 15.8. The van der Waals surface area contributed by atoms with Crippen molar-refractivity contribution in [3.63, 3.8) is 0 Å². The smallest absolute Gasteiger partial charge is 0.409 e. The van der Waals surface area contributed by atoms with Gasteiger partial charge >= 0.3 is 6.09 Å². The summed E-state index contributed by atoms with van der Waals surface area (Å²) >= 11 is 1.53. The summed E-state index contributed by atoms with van der Waals surface area (Å²) in [6.07, 6.45) is 3.53. The van der Waals surface area contributed by atoms with Gasteiger partial charge in [-0.2, -0.15) is 0 Å². The fourth-order valence-corrected chi connectivity index (χ4v) is 3.85. The molecule has 0 spiro atoms. The minimum atomic E-state index is -0.306. The Balaban J connectivity index is 1.59. The summed E-state index contributed by atoms with van der Waals surface area (Å²) in [4.78, 5) is 37.5. The highest BCUT2D eigenvalue weighted by Gasteiger charge is 2.25. The normalized spacial score (nSPS) is 14.4. The van der Waals surface area contributed by atoms with Gasteiger partial charge < -0.3 is 14.5 Å². The van der Waals surface area contributed by atoms with E-state index in [1.165, 1.54) is 11.3 Å². The Labute approximate surface area is 156 Å². The minimum absolute atomic E-state index is 0.0676. The van der Waals surface area contributed by atoms with Crippen molar-refractivity contribution in [2.75, 3.05) is 32.8 Å². The van der Waals surface area contributed by atoms with Gasteiger partial charge in [-0.1, -0.05) is 0 Å². The summed E-state index contributed by atoms with van der Waals surface area (Å²) in [5.74, 6) is 0.0676. The van der Waals surface area contributed by atoms with Crippen LogP contribution in [0.4, 0.5) is 4.79 Å². The molecule has 2 aromatic heterocycles. The largest absolute Gasteiger partial charge is 0.450 e. The van der Waals surface area contributed by atoms with Crippen molar-refractivity contribution in [3.8, 4) is 10.6 Å². The molecule has 1 aliphatic heterocycles. The van der Waals surface area contributed by atoms with Crippen LogP contribution < -0.4 is 0 Å². The number of aryl methyl sites for hydroxylation is 1. The Morgan fingerprint density at radius 3 is 2.62 bits per heavy atom. The lowest BCUT2D eigenvalue weighted by Crippen LogP contribution is -2.51. The molecule has 3 rings (SSSR count). The number of hydrogen-bond acceptors (Lipinski definition) is 6. The second kappa shape index (κ2) is 8.27. The van der Waals surface area contributed by atoms with Crippen LogP contribution in [0.1, 0.15) is 17.5 Å². The van der Waals surface area contributed by atoms with Gasteiger partial charge in [0.25, 0.3) is 0 Å². The number of pyridine rings is 1. The zero-order chi connectivity index (χ0) is 18.5. The second-order valence-corrected chi connectivity index (χ2v) is 7.10. The van der Waals surface area contributed by atoms with Crippen molar-refractivity contribution in [2.45, 2.75) is 20.3 Å². The van der Waals surface area contributed by atoms with Crippen LogP contribution in [0.15, 0.2) is 24.5 Å². The minimum Gasteiger partial charge on any atom is -0.450 e. The molecule has 0 bridgehead atoms. The van der Waals surface area contributed by atoms with Crippen molar-refractivity contribution in [3.05, 3.63) is 35.1 Å². The van der Waals surface area contributed by atoms with Crippen molar-refractivity contribution in [1.29, 1.82) is 0 Å². The van der Waals surface area contributed by atoms with Crippen molar-refractivity contribution >= 4 is 23.3 Å². The highest BCUT2D eigenvalue weighted by Crippen LogP contribution is 2.28. The Kier molecular flexibility index (Phi) is 5.82. The number of carbonyl (C=O) groups excluding carboxylic acids is 2. The maximum atomic E-state index is 12.6. The second-order valence-electron chi connectivity index (χ2n) is 6.01. The molecular formula is C18H22N4O3S. The first kappa shape index (κ1) is 18.3. The zero-order valence-electron chi connectivity index (χ0n) is 15.0. The third kappa shape index (κ3) is 4.19. The van der Waals surface area contributed by atoms with E-state index in [9.17, 15) is 9.59 Å². The third-order valence-corrected chi connectivity index (χ3v) is 5.48. The molecule has 0 aliphatic carbocycles. The van der Waals surface area contributed by atoms with Crippen molar-refractivity contribution in [1.82, 2.24) is 19.8 Å². The number of carbonyl (C=O) groups is 2. The van der Waals surface area contributed by atoms with Gasteiger partial charge in [-0.15, -0.1) is 11.3 Å². The molecule has 2 amide bonds. The monoisotopic (exact) mass is 374 g/mol. The van der Waals surface area contributed by atoms with Gasteiger partial charge in [-0.05, 0) is 26.0 Å². The van der Waals surface area contributed by atoms with Crippen LogP contribution in [0.25, 0.3) is 10.6 Å². The average Bonchev–Trinajstić information content (AvgIpc) is 3.03. The van der Waals surface area contributed by atoms with Gasteiger partial charge in [-0.25, -0.2) is 9.78 Å². The Hall–Kier alpha value is -2.48. The number of ether oxygens (including phenoxy) is 1. The van der Waals surface area contributed by atoms with E-state index >= 15 is 0 Å². The number of thiazole rings is 1. The summed E-state index contributed by atoms with van der Waals surface area (Å²) < 4.78 is 5.01. The molecule has 3 heterocycles. The van der Waals surface area contributed by atoms with Gasteiger partial charge in [0.15, 0.2) is 0 Å². The summed E-state index contributed by atoms with van der Waals surface area (Å²) in [5.41, 5.74) is 1.84. The first-order chi connectivity index (χ1) is 12.6. The van der Waals surface area contributed by atoms with Crippen LogP contribution in [0.3, 0.4) is 0 Å². The molecule has 0 unspecified atom stereocenters. The predicted molar refractivity (Wildman–Crippen MR) is 99.0 cm³/mol. The molecule has 7 nitrogen and oxygen atoms in total. The Bertz CT molecular complexity index is 770. The van der Waals surface area contributed by atoms with E-state index in [0.29, 0.717) is 39.2 Å². The maximum absolute atomic E-state index is 12.6. The fourth-order valence-electron chi connectivity index (χ4n) is 2.81. The summed E-state index contributed by atoms with van der Waals surface area (Å²) in [5, 5.41) is 0.880. The molecule has 26 heavy (non-hydrogen) atoms. The van der Waals surface area contributed by atoms with E-state index in [2.05, 4.69) is 9.97 Å². The summed E-state index contributed by atoms with van der Waals surface area (Å²) in [6.45, 7) is 6.16. The lowest BCUT2D eigenvalue weighted by molar-refractivity contribution is -0.132. The SMILES string of the molecule is CCOC(=O)N1CCN(C(=O)Cc2sc(-c3cccnc3)nc2C)CC1. The van der Waals surface area contributed by atoms with E-state index in [0.717, 1.165) is 21.1 Å². The van der Waals surface area contributed by atoms with E-state index in [4.69, 9.17) is 4.74 Å².